The average molecular weight is 345 g/mol. The van der Waals surface area contributed by atoms with Gasteiger partial charge in [-0.3, -0.25) is 4.57 Å². The van der Waals surface area contributed by atoms with Crippen molar-refractivity contribution in [2.45, 2.75) is 6.73 Å². The molecule has 0 saturated carbocycles. The fraction of sp³-hybridized carbons (Fsp3) is 0.0625. The molecule has 5 heteroatoms. The van der Waals surface area contributed by atoms with Gasteiger partial charge in [0.25, 0.3) is 0 Å². The third-order valence-electron chi connectivity index (χ3n) is 3.51. The summed E-state index contributed by atoms with van der Waals surface area (Å²) in [5, 5.41) is 0. The molecule has 0 spiro atoms. The van der Waals surface area contributed by atoms with Crippen LogP contribution in [0.1, 0.15) is 0 Å². The first kappa shape index (κ1) is 12.6. The largest absolute Gasteiger partial charge is 0.472 e. The van der Waals surface area contributed by atoms with Crippen LogP contribution in [0.3, 0.4) is 0 Å². The van der Waals surface area contributed by atoms with Gasteiger partial charge < -0.3 is 4.74 Å². The van der Waals surface area contributed by atoms with Gasteiger partial charge in [0.05, 0.1) is 11.3 Å². The first-order valence-corrected chi connectivity index (χ1v) is 7.27. The van der Waals surface area contributed by atoms with E-state index >= 15 is 0 Å². The Morgan fingerprint density at radius 1 is 1.14 bits per heavy atom. The summed E-state index contributed by atoms with van der Waals surface area (Å²) in [6, 6.07) is 14.5. The zero-order valence-electron chi connectivity index (χ0n) is 10.9. The molecule has 2 aromatic carbocycles. The maximum absolute atomic E-state index is 13.3. The van der Waals surface area contributed by atoms with E-state index < -0.39 is 0 Å². The van der Waals surface area contributed by atoms with Crippen molar-refractivity contribution in [3.63, 3.8) is 0 Å². The maximum Gasteiger partial charge on any atom is 0.167 e. The Bertz CT molecular complexity index is 830. The van der Waals surface area contributed by atoms with Crippen molar-refractivity contribution < 1.29 is 9.13 Å². The van der Waals surface area contributed by atoms with Crippen LogP contribution in [0.25, 0.3) is 22.6 Å². The Morgan fingerprint density at radius 2 is 1.95 bits per heavy atom. The van der Waals surface area contributed by atoms with Crippen LogP contribution < -0.4 is 4.74 Å². The number of ether oxygens (including phenoxy) is 1. The lowest BCUT2D eigenvalue weighted by Gasteiger charge is -2.20. The Labute approximate surface area is 129 Å². The van der Waals surface area contributed by atoms with Gasteiger partial charge in [0.2, 0.25) is 0 Å². The number of nitrogens with zero attached hydrogens (tertiary/aromatic N) is 2. The van der Waals surface area contributed by atoms with Crippen molar-refractivity contribution in [1.29, 1.82) is 0 Å². The molecule has 0 N–H and O–H groups in total. The second kappa shape index (κ2) is 4.70. The Morgan fingerprint density at radius 3 is 2.76 bits per heavy atom. The smallest absolute Gasteiger partial charge is 0.167 e. The normalized spacial score (nSPS) is 12.5. The van der Waals surface area contributed by atoms with Crippen LogP contribution in [0.4, 0.5) is 4.39 Å². The van der Waals surface area contributed by atoms with E-state index in [1.807, 2.05) is 34.9 Å². The quantitative estimate of drug-likeness (QED) is 0.651. The van der Waals surface area contributed by atoms with Gasteiger partial charge in [0, 0.05) is 11.6 Å². The number of hydrogen-bond acceptors (Lipinski definition) is 2. The second-order valence-electron chi connectivity index (χ2n) is 4.78. The van der Waals surface area contributed by atoms with Crippen LogP contribution >= 0.6 is 15.9 Å². The molecule has 3 aromatic rings. The number of aromatic nitrogens is 2. The van der Waals surface area contributed by atoms with Gasteiger partial charge in [-0.25, -0.2) is 9.37 Å². The molecule has 104 valence electrons. The summed E-state index contributed by atoms with van der Waals surface area (Å²) < 4.78 is 21.7. The summed E-state index contributed by atoms with van der Waals surface area (Å²) >= 11 is 3.52. The minimum absolute atomic E-state index is 0.309. The monoisotopic (exact) mass is 344 g/mol. The van der Waals surface area contributed by atoms with E-state index in [9.17, 15) is 4.39 Å². The molecule has 0 fully saturated rings. The van der Waals surface area contributed by atoms with E-state index in [-0.39, 0.29) is 5.82 Å². The Hall–Kier alpha value is -2.14. The van der Waals surface area contributed by atoms with Crippen molar-refractivity contribution in [3.05, 3.63) is 59.0 Å². The van der Waals surface area contributed by atoms with Crippen molar-refractivity contribution in [1.82, 2.24) is 9.55 Å². The third-order valence-corrected chi connectivity index (χ3v) is 4.06. The molecule has 0 atom stereocenters. The summed E-state index contributed by atoms with van der Waals surface area (Å²) in [4.78, 5) is 4.58. The molecule has 0 bridgehead atoms. The maximum atomic E-state index is 13.3. The van der Waals surface area contributed by atoms with Crippen LogP contribution in [0.15, 0.2) is 53.1 Å². The number of benzene rings is 2. The highest BCUT2D eigenvalue weighted by Gasteiger charge is 2.24. The van der Waals surface area contributed by atoms with Crippen molar-refractivity contribution in [2.75, 3.05) is 0 Å². The van der Waals surface area contributed by atoms with Crippen LogP contribution in [-0.4, -0.2) is 9.55 Å². The summed E-state index contributed by atoms with van der Waals surface area (Å²) in [7, 11) is 0. The summed E-state index contributed by atoms with van der Waals surface area (Å²) in [6.45, 7) is 0.314. The number of imidazole rings is 1. The highest BCUT2D eigenvalue weighted by Crippen LogP contribution is 2.39. The lowest BCUT2D eigenvalue weighted by molar-refractivity contribution is 0.230. The highest BCUT2D eigenvalue weighted by atomic mass is 79.9. The van der Waals surface area contributed by atoms with E-state index in [0.29, 0.717) is 12.5 Å². The first-order valence-electron chi connectivity index (χ1n) is 6.48. The van der Waals surface area contributed by atoms with Gasteiger partial charge in [-0.15, -0.1) is 0 Å². The van der Waals surface area contributed by atoms with Gasteiger partial charge in [0.15, 0.2) is 6.73 Å². The van der Waals surface area contributed by atoms with Gasteiger partial charge in [-0.05, 0) is 28.1 Å². The van der Waals surface area contributed by atoms with E-state index in [2.05, 4.69) is 20.9 Å². The fourth-order valence-corrected chi connectivity index (χ4v) is 3.17. The van der Waals surface area contributed by atoms with Gasteiger partial charge in [-0.2, -0.15) is 0 Å². The number of rotatable bonds is 1. The standard InChI is InChI=1S/C16H10BrFN2O/c17-15-14(10-4-2-1-3-5-10)20-9-21-13-8-11(18)6-7-12(13)16(20)19-15/h1-8H,9H2. The lowest BCUT2D eigenvalue weighted by atomic mass is 10.1. The number of halogens is 2. The molecule has 4 rings (SSSR count). The molecule has 0 saturated heterocycles. The highest BCUT2D eigenvalue weighted by molar-refractivity contribution is 9.10. The minimum atomic E-state index is -0.309. The van der Waals surface area contributed by atoms with Crippen molar-refractivity contribution in [2.24, 2.45) is 0 Å². The zero-order chi connectivity index (χ0) is 14.4. The second-order valence-corrected chi connectivity index (χ2v) is 5.53. The van der Waals surface area contributed by atoms with Crippen LogP contribution in [0, 0.1) is 5.82 Å². The van der Waals surface area contributed by atoms with Crippen LogP contribution in [0.2, 0.25) is 0 Å². The molecule has 21 heavy (non-hydrogen) atoms. The third kappa shape index (κ3) is 1.96. The van der Waals surface area contributed by atoms with Gasteiger partial charge in [0.1, 0.15) is 22.0 Å². The van der Waals surface area contributed by atoms with E-state index in [1.54, 1.807) is 6.07 Å². The molecule has 0 aliphatic carbocycles. The molecule has 3 nitrogen and oxygen atoms in total. The SMILES string of the molecule is Fc1ccc2c(c1)OCn1c-2nc(Br)c1-c1ccccc1. The molecule has 0 unspecified atom stereocenters. The lowest BCUT2D eigenvalue weighted by Crippen LogP contribution is -2.14. The molecular weight excluding hydrogens is 335 g/mol. The molecule has 1 aromatic heterocycles. The molecule has 1 aliphatic heterocycles. The summed E-state index contributed by atoms with van der Waals surface area (Å²) in [5.41, 5.74) is 2.81. The van der Waals surface area contributed by atoms with E-state index in [1.165, 1.54) is 12.1 Å². The zero-order valence-corrected chi connectivity index (χ0v) is 12.5. The molecule has 0 radical (unpaired) electrons. The minimum Gasteiger partial charge on any atom is -0.472 e. The molecule has 2 heterocycles. The predicted molar refractivity (Wildman–Crippen MR) is 81.4 cm³/mol. The fourth-order valence-electron chi connectivity index (χ4n) is 2.56. The van der Waals surface area contributed by atoms with Crippen molar-refractivity contribution >= 4 is 15.9 Å². The molecular formula is C16H10BrFN2O. The van der Waals surface area contributed by atoms with Crippen molar-refractivity contribution in [3.8, 4) is 28.4 Å². The van der Waals surface area contributed by atoms with Gasteiger partial charge >= 0.3 is 0 Å². The predicted octanol–water partition coefficient (Wildman–Crippen LogP) is 4.47. The Kier molecular flexibility index (Phi) is 2.82. The summed E-state index contributed by atoms with van der Waals surface area (Å²) in [5.74, 6) is 0.998. The van der Waals surface area contributed by atoms with E-state index in [0.717, 1.165) is 27.2 Å². The van der Waals surface area contributed by atoms with Gasteiger partial charge in [-0.1, -0.05) is 30.3 Å². The topological polar surface area (TPSA) is 27.1 Å². The average Bonchev–Trinajstić information content (AvgIpc) is 2.84. The number of fused-ring (bicyclic) bond motifs is 3. The number of hydrogen-bond donors (Lipinski definition) is 0. The van der Waals surface area contributed by atoms with E-state index in [4.69, 9.17) is 4.74 Å². The van der Waals surface area contributed by atoms with Crippen LogP contribution in [0.5, 0.6) is 5.75 Å². The Balaban J connectivity index is 1.94. The first-order chi connectivity index (χ1) is 10.2. The van der Waals surface area contributed by atoms with Crippen LogP contribution in [-0.2, 0) is 6.73 Å². The summed E-state index contributed by atoms with van der Waals surface area (Å²) in [6.07, 6.45) is 0. The molecule has 1 aliphatic rings. The molecule has 0 amide bonds.